The van der Waals surface area contributed by atoms with Crippen molar-refractivity contribution in [1.82, 2.24) is 5.32 Å². The van der Waals surface area contributed by atoms with E-state index in [1.165, 1.54) is 5.39 Å². The van der Waals surface area contributed by atoms with Gasteiger partial charge in [-0.3, -0.25) is 4.79 Å². The highest BCUT2D eigenvalue weighted by Gasteiger charge is 2.09. The molecule has 2 rings (SSSR count). The van der Waals surface area contributed by atoms with Crippen molar-refractivity contribution in [3.8, 4) is 0 Å². The van der Waals surface area contributed by atoms with E-state index in [4.69, 9.17) is 0 Å². The van der Waals surface area contributed by atoms with Gasteiger partial charge in [0.1, 0.15) is 0 Å². The van der Waals surface area contributed by atoms with Crippen LogP contribution in [0.2, 0.25) is 0 Å². The van der Waals surface area contributed by atoms with Gasteiger partial charge in [-0.2, -0.15) is 0 Å². The molecule has 0 aliphatic heterocycles. The number of nitrogens with one attached hydrogen (secondary N) is 1. The maximum atomic E-state index is 11.8. The summed E-state index contributed by atoms with van der Waals surface area (Å²) < 4.78 is 0.988. The first kappa shape index (κ1) is 11.4. The standard InChI is InChI=1S/C13H12INO/c1-2-15-13(16)11-7-9-5-3-4-6-10(9)8-12(11)14/h3-8H,2H2,1H3,(H,15,16). The van der Waals surface area contributed by atoms with E-state index < -0.39 is 0 Å². The second-order valence-corrected chi connectivity index (χ2v) is 4.70. The predicted octanol–water partition coefficient (Wildman–Crippen LogP) is 3.19. The van der Waals surface area contributed by atoms with E-state index in [1.54, 1.807) is 0 Å². The Kier molecular flexibility index (Phi) is 3.43. The summed E-state index contributed by atoms with van der Waals surface area (Å²) in [5.74, 6) is -0.00217. The maximum absolute atomic E-state index is 11.8. The third-order valence-corrected chi connectivity index (χ3v) is 3.31. The van der Waals surface area contributed by atoms with Crippen LogP contribution in [-0.4, -0.2) is 12.5 Å². The summed E-state index contributed by atoms with van der Waals surface area (Å²) in [6.45, 7) is 2.58. The van der Waals surface area contributed by atoms with E-state index >= 15 is 0 Å². The van der Waals surface area contributed by atoms with Crippen LogP contribution in [0.5, 0.6) is 0 Å². The molecule has 0 fully saturated rings. The van der Waals surface area contributed by atoms with Crippen LogP contribution < -0.4 is 5.32 Å². The van der Waals surface area contributed by atoms with Crippen LogP contribution in [0.25, 0.3) is 10.8 Å². The summed E-state index contributed by atoms with van der Waals surface area (Å²) in [4.78, 5) is 11.8. The highest BCUT2D eigenvalue weighted by atomic mass is 127. The lowest BCUT2D eigenvalue weighted by atomic mass is 10.1. The fourth-order valence-electron chi connectivity index (χ4n) is 1.64. The van der Waals surface area contributed by atoms with Crippen LogP contribution in [0.15, 0.2) is 36.4 Å². The Balaban J connectivity index is 2.54. The summed E-state index contributed by atoms with van der Waals surface area (Å²) in [7, 11) is 0. The lowest BCUT2D eigenvalue weighted by Gasteiger charge is -2.06. The van der Waals surface area contributed by atoms with Gasteiger partial charge in [0, 0.05) is 10.1 Å². The minimum atomic E-state index is -0.00217. The molecule has 0 saturated heterocycles. The SMILES string of the molecule is CCNC(=O)c1cc2ccccc2cc1I. The first-order chi connectivity index (χ1) is 7.72. The summed E-state index contributed by atoms with van der Waals surface area (Å²) in [5.41, 5.74) is 0.751. The Morgan fingerprint density at radius 1 is 1.25 bits per heavy atom. The van der Waals surface area contributed by atoms with E-state index in [9.17, 15) is 4.79 Å². The van der Waals surface area contributed by atoms with Gasteiger partial charge in [-0.1, -0.05) is 24.3 Å². The number of hydrogen-bond acceptors (Lipinski definition) is 1. The van der Waals surface area contributed by atoms with Crippen molar-refractivity contribution in [2.45, 2.75) is 6.92 Å². The van der Waals surface area contributed by atoms with Gasteiger partial charge in [0.15, 0.2) is 0 Å². The van der Waals surface area contributed by atoms with Crippen molar-refractivity contribution in [3.63, 3.8) is 0 Å². The molecule has 1 N–H and O–H groups in total. The molecule has 0 heterocycles. The highest BCUT2D eigenvalue weighted by molar-refractivity contribution is 14.1. The topological polar surface area (TPSA) is 29.1 Å². The molecular formula is C13H12INO. The molecule has 0 bridgehead atoms. The van der Waals surface area contributed by atoms with E-state index in [0.717, 1.165) is 14.5 Å². The molecule has 3 heteroatoms. The fourth-order valence-corrected chi connectivity index (χ4v) is 2.38. The number of halogens is 1. The summed E-state index contributed by atoms with van der Waals surface area (Å²) in [5, 5.41) is 5.09. The molecule has 82 valence electrons. The quantitative estimate of drug-likeness (QED) is 0.844. The molecule has 0 unspecified atom stereocenters. The van der Waals surface area contributed by atoms with Gasteiger partial charge in [-0.05, 0) is 52.4 Å². The number of hydrogen-bond donors (Lipinski definition) is 1. The van der Waals surface area contributed by atoms with Gasteiger partial charge in [0.05, 0.1) is 5.56 Å². The monoisotopic (exact) mass is 325 g/mol. The molecule has 0 saturated carbocycles. The molecular weight excluding hydrogens is 313 g/mol. The minimum Gasteiger partial charge on any atom is -0.352 e. The predicted molar refractivity (Wildman–Crippen MR) is 74.7 cm³/mol. The maximum Gasteiger partial charge on any atom is 0.252 e. The molecule has 2 aromatic rings. The average Bonchev–Trinajstić information content (AvgIpc) is 2.28. The first-order valence-corrected chi connectivity index (χ1v) is 6.26. The normalized spacial score (nSPS) is 10.4. The Hall–Kier alpha value is -1.10. The molecule has 16 heavy (non-hydrogen) atoms. The number of benzene rings is 2. The molecule has 0 atom stereocenters. The zero-order valence-electron chi connectivity index (χ0n) is 8.96. The molecule has 1 amide bonds. The summed E-state index contributed by atoms with van der Waals surface area (Å²) in [6.07, 6.45) is 0. The number of carbonyl (C=O) groups excluding carboxylic acids is 1. The van der Waals surface area contributed by atoms with E-state index in [2.05, 4.69) is 34.0 Å². The van der Waals surface area contributed by atoms with Crippen LogP contribution in [0.1, 0.15) is 17.3 Å². The number of carbonyl (C=O) groups is 1. The number of fused-ring (bicyclic) bond motifs is 1. The van der Waals surface area contributed by atoms with Crippen LogP contribution >= 0.6 is 22.6 Å². The molecule has 0 aliphatic carbocycles. The molecule has 2 nitrogen and oxygen atoms in total. The summed E-state index contributed by atoms with van der Waals surface area (Å²) >= 11 is 2.20. The molecule has 0 radical (unpaired) electrons. The zero-order valence-corrected chi connectivity index (χ0v) is 11.1. The largest absolute Gasteiger partial charge is 0.352 e. The van der Waals surface area contributed by atoms with Crippen molar-refractivity contribution in [2.75, 3.05) is 6.54 Å². The lowest BCUT2D eigenvalue weighted by Crippen LogP contribution is -2.23. The van der Waals surface area contributed by atoms with Crippen LogP contribution in [0.3, 0.4) is 0 Å². The van der Waals surface area contributed by atoms with Gasteiger partial charge in [0.2, 0.25) is 0 Å². The molecule has 0 aromatic heterocycles. The highest BCUT2D eigenvalue weighted by Crippen LogP contribution is 2.21. The van der Waals surface area contributed by atoms with Crippen molar-refractivity contribution in [1.29, 1.82) is 0 Å². The fraction of sp³-hybridized carbons (Fsp3) is 0.154. The number of amides is 1. The second kappa shape index (κ2) is 4.82. The van der Waals surface area contributed by atoms with Crippen molar-refractivity contribution in [2.24, 2.45) is 0 Å². The van der Waals surface area contributed by atoms with Gasteiger partial charge >= 0.3 is 0 Å². The Morgan fingerprint density at radius 3 is 2.50 bits per heavy atom. The number of rotatable bonds is 2. The van der Waals surface area contributed by atoms with Gasteiger partial charge in [0.25, 0.3) is 5.91 Å². The van der Waals surface area contributed by atoms with Gasteiger partial charge < -0.3 is 5.32 Å². The summed E-state index contributed by atoms with van der Waals surface area (Å²) in [6, 6.07) is 12.1. The van der Waals surface area contributed by atoms with Gasteiger partial charge in [-0.25, -0.2) is 0 Å². The van der Waals surface area contributed by atoms with E-state index in [-0.39, 0.29) is 5.91 Å². The zero-order chi connectivity index (χ0) is 11.5. The first-order valence-electron chi connectivity index (χ1n) is 5.19. The van der Waals surface area contributed by atoms with Crippen LogP contribution in [0, 0.1) is 3.57 Å². The Labute approximate surface area is 108 Å². The van der Waals surface area contributed by atoms with E-state index in [1.807, 2.05) is 37.3 Å². The molecule has 0 spiro atoms. The van der Waals surface area contributed by atoms with Crippen molar-refractivity contribution in [3.05, 3.63) is 45.5 Å². The lowest BCUT2D eigenvalue weighted by molar-refractivity contribution is 0.0955. The van der Waals surface area contributed by atoms with Crippen molar-refractivity contribution < 1.29 is 4.79 Å². The van der Waals surface area contributed by atoms with Crippen molar-refractivity contribution >= 4 is 39.3 Å². The minimum absolute atomic E-state index is 0.00217. The smallest absolute Gasteiger partial charge is 0.252 e. The third-order valence-electron chi connectivity index (χ3n) is 2.42. The average molecular weight is 325 g/mol. The van der Waals surface area contributed by atoms with Crippen LogP contribution in [-0.2, 0) is 0 Å². The van der Waals surface area contributed by atoms with E-state index in [0.29, 0.717) is 6.54 Å². The molecule has 0 aliphatic rings. The third kappa shape index (κ3) is 2.19. The second-order valence-electron chi connectivity index (χ2n) is 3.54. The van der Waals surface area contributed by atoms with Gasteiger partial charge in [-0.15, -0.1) is 0 Å². The Bertz CT molecular complexity index is 536. The molecule has 2 aromatic carbocycles. The van der Waals surface area contributed by atoms with Crippen LogP contribution in [0.4, 0.5) is 0 Å². The Morgan fingerprint density at radius 2 is 1.88 bits per heavy atom.